The van der Waals surface area contributed by atoms with Gasteiger partial charge in [0.15, 0.2) is 10.8 Å². The first-order valence-electron chi connectivity index (χ1n) is 8.60. The van der Waals surface area contributed by atoms with Crippen molar-refractivity contribution in [3.63, 3.8) is 0 Å². The van der Waals surface area contributed by atoms with Crippen molar-refractivity contribution in [3.05, 3.63) is 101 Å². The molecule has 0 saturated heterocycles. The number of para-hydroxylation sites is 1. The molecule has 0 saturated carbocycles. The lowest BCUT2D eigenvalue weighted by Gasteiger charge is -2.46. The fourth-order valence-corrected chi connectivity index (χ4v) is 3.73. The van der Waals surface area contributed by atoms with E-state index in [2.05, 4.69) is 5.32 Å². The minimum atomic E-state index is -1.33. The van der Waals surface area contributed by atoms with E-state index in [-0.39, 0.29) is 0 Å². The van der Waals surface area contributed by atoms with Crippen LogP contribution in [0.3, 0.4) is 0 Å². The Morgan fingerprint density at radius 3 is 2.31 bits per heavy atom. The number of benzene rings is 3. The third kappa shape index (κ3) is 2.77. The Hall–Kier alpha value is -2.69. The minimum Gasteiger partial charge on any atom is -0.363 e. The lowest BCUT2D eigenvalue weighted by molar-refractivity contribution is -0.0429. The Morgan fingerprint density at radius 1 is 0.923 bits per heavy atom. The van der Waals surface area contributed by atoms with E-state index in [0.717, 1.165) is 27.9 Å². The first-order valence-corrected chi connectivity index (χ1v) is 9.01. The Morgan fingerprint density at radius 2 is 1.58 bits per heavy atom. The van der Waals surface area contributed by atoms with Gasteiger partial charge >= 0.3 is 0 Å². The predicted octanol–water partition coefficient (Wildman–Crippen LogP) is 4.40. The monoisotopic (exact) mass is 360 g/mol. The van der Waals surface area contributed by atoms with Crippen LogP contribution < -0.4 is 5.32 Å². The first kappa shape index (κ1) is 16.8. The number of nitrogens with one attached hydrogen (secondary N) is 1. The van der Waals surface area contributed by atoms with Crippen LogP contribution in [0.2, 0.25) is 0 Å². The molecule has 3 aromatic carbocycles. The second-order valence-corrected chi connectivity index (χ2v) is 6.97. The first-order chi connectivity index (χ1) is 12.6. The topological polar surface area (TPSA) is 35.5 Å². The zero-order valence-corrected chi connectivity index (χ0v) is 15.3. The van der Waals surface area contributed by atoms with Crippen molar-refractivity contribution in [2.75, 3.05) is 5.32 Å². The van der Waals surface area contributed by atoms with Gasteiger partial charge in [-0.1, -0.05) is 78.4 Å². The van der Waals surface area contributed by atoms with Crippen LogP contribution in [0.5, 0.6) is 0 Å². The molecule has 0 aromatic heterocycles. The highest BCUT2D eigenvalue weighted by Gasteiger charge is 2.44. The molecule has 3 nitrogen and oxygen atoms in total. The third-order valence-corrected chi connectivity index (χ3v) is 5.14. The lowest BCUT2D eigenvalue weighted by Crippen LogP contribution is -2.54. The fourth-order valence-electron chi connectivity index (χ4n) is 3.42. The summed E-state index contributed by atoms with van der Waals surface area (Å²) in [7, 11) is 0. The summed E-state index contributed by atoms with van der Waals surface area (Å²) in [6, 6.07) is 25.8. The van der Waals surface area contributed by atoms with Gasteiger partial charge in [0.2, 0.25) is 0 Å². The van der Waals surface area contributed by atoms with Gasteiger partial charge in [-0.25, -0.2) is 0 Å². The van der Waals surface area contributed by atoms with Crippen molar-refractivity contribution in [2.24, 2.45) is 0 Å². The normalized spacial score (nSPS) is 19.0. The molecule has 0 radical (unpaired) electrons. The smallest absolute Gasteiger partial charge is 0.195 e. The van der Waals surface area contributed by atoms with Crippen molar-refractivity contribution in [1.82, 2.24) is 4.90 Å². The van der Waals surface area contributed by atoms with Crippen LogP contribution >= 0.6 is 12.2 Å². The minimum absolute atomic E-state index is 0.505. The van der Waals surface area contributed by atoms with Gasteiger partial charge in [0, 0.05) is 23.4 Å². The van der Waals surface area contributed by atoms with Gasteiger partial charge in [-0.2, -0.15) is 0 Å². The van der Waals surface area contributed by atoms with Crippen molar-refractivity contribution in [2.45, 2.75) is 19.2 Å². The number of aliphatic hydroxyl groups is 1. The van der Waals surface area contributed by atoms with Gasteiger partial charge < -0.3 is 15.3 Å². The number of nitrogens with zero attached hydrogens (tertiary/aromatic N) is 1. The Labute approximate surface area is 158 Å². The summed E-state index contributed by atoms with van der Waals surface area (Å²) in [5.41, 5.74) is 3.34. The van der Waals surface area contributed by atoms with Crippen LogP contribution in [0.1, 0.15) is 22.3 Å². The van der Waals surface area contributed by atoms with Gasteiger partial charge in [0.05, 0.1) is 0 Å². The molecule has 0 unspecified atom stereocenters. The number of hydrogen-bond acceptors (Lipinski definition) is 2. The molecule has 4 rings (SSSR count). The van der Waals surface area contributed by atoms with Crippen LogP contribution in [-0.4, -0.2) is 15.1 Å². The summed E-state index contributed by atoms with van der Waals surface area (Å²) < 4.78 is 0. The molecule has 0 fully saturated rings. The number of hydrogen-bond donors (Lipinski definition) is 2. The molecule has 1 heterocycles. The molecule has 2 N–H and O–H groups in total. The highest BCUT2D eigenvalue weighted by atomic mass is 32.1. The molecular formula is C22H20N2OS. The van der Waals surface area contributed by atoms with Crippen LogP contribution in [-0.2, 0) is 12.3 Å². The average molecular weight is 360 g/mol. The molecule has 26 heavy (non-hydrogen) atoms. The van der Waals surface area contributed by atoms with Crippen LogP contribution in [0.25, 0.3) is 0 Å². The standard InChI is InChI=1S/C22H20N2OS/c1-16-11-13-18(14-12-16)22(25)19-9-5-6-10-20(19)23-21(26)24(22)15-17-7-3-2-4-8-17/h2-14,25H,15H2,1H3,(H,23,26)/t22-/m0/s1. The van der Waals surface area contributed by atoms with E-state index >= 15 is 0 Å². The second-order valence-electron chi connectivity index (χ2n) is 6.59. The van der Waals surface area contributed by atoms with Crippen molar-refractivity contribution >= 4 is 23.0 Å². The van der Waals surface area contributed by atoms with E-state index in [9.17, 15) is 5.11 Å². The number of aryl methyl sites for hydroxylation is 1. The number of rotatable bonds is 3. The molecule has 1 aliphatic heterocycles. The largest absolute Gasteiger partial charge is 0.363 e. The molecule has 3 aromatic rings. The van der Waals surface area contributed by atoms with Crippen molar-refractivity contribution in [3.8, 4) is 0 Å². The SMILES string of the molecule is Cc1ccc([C@]2(O)c3ccccc3NC(=S)N2Cc2ccccc2)cc1. The highest BCUT2D eigenvalue weighted by Crippen LogP contribution is 2.42. The van der Waals surface area contributed by atoms with E-state index in [1.165, 1.54) is 0 Å². The summed E-state index contributed by atoms with van der Waals surface area (Å²) >= 11 is 5.63. The summed E-state index contributed by atoms with van der Waals surface area (Å²) in [6.07, 6.45) is 0. The zero-order chi connectivity index (χ0) is 18.1. The van der Waals surface area contributed by atoms with Crippen LogP contribution in [0.4, 0.5) is 5.69 Å². The third-order valence-electron chi connectivity index (χ3n) is 4.82. The van der Waals surface area contributed by atoms with E-state index in [4.69, 9.17) is 12.2 Å². The number of thiocarbonyl (C=S) groups is 1. The predicted molar refractivity (Wildman–Crippen MR) is 109 cm³/mol. The van der Waals surface area contributed by atoms with Gasteiger partial charge in [-0.05, 0) is 30.8 Å². The van der Waals surface area contributed by atoms with E-state index < -0.39 is 5.72 Å². The average Bonchev–Trinajstić information content (AvgIpc) is 2.66. The quantitative estimate of drug-likeness (QED) is 0.679. The van der Waals surface area contributed by atoms with Gasteiger partial charge in [-0.3, -0.25) is 0 Å². The maximum Gasteiger partial charge on any atom is 0.195 e. The molecule has 0 aliphatic carbocycles. The van der Waals surface area contributed by atoms with Crippen molar-refractivity contribution < 1.29 is 5.11 Å². The molecule has 130 valence electrons. The molecular weight excluding hydrogens is 340 g/mol. The zero-order valence-electron chi connectivity index (χ0n) is 14.5. The maximum atomic E-state index is 12.0. The Kier molecular flexibility index (Phi) is 4.23. The van der Waals surface area contributed by atoms with Gasteiger partial charge in [-0.15, -0.1) is 0 Å². The molecule has 0 spiro atoms. The molecule has 0 bridgehead atoms. The Balaban J connectivity index is 1.88. The van der Waals surface area contributed by atoms with E-state index in [1.54, 1.807) is 0 Å². The molecule has 0 amide bonds. The molecule has 4 heteroatoms. The number of fused-ring (bicyclic) bond motifs is 1. The highest BCUT2D eigenvalue weighted by molar-refractivity contribution is 7.80. The van der Waals surface area contributed by atoms with E-state index in [0.29, 0.717) is 11.7 Å². The Bertz CT molecular complexity index is 940. The van der Waals surface area contributed by atoms with Gasteiger partial charge in [0.1, 0.15) is 0 Å². The van der Waals surface area contributed by atoms with Crippen molar-refractivity contribution in [1.29, 1.82) is 0 Å². The lowest BCUT2D eigenvalue weighted by atomic mass is 9.89. The maximum absolute atomic E-state index is 12.0. The summed E-state index contributed by atoms with van der Waals surface area (Å²) in [4.78, 5) is 1.85. The molecule has 1 aliphatic rings. The van der Waals surface area contributed by atoms with Crippen LogP contribution in [0.15, 0.2) is 78.9 Å². The second kappa shape index (κ2) is 6.56. The molecule has 1 atom stereocenters. The summed E-state index contributed by atoms with van der Waals surface area (Å²) in [5, 5.41) is 15.7. The van der Waals surface area contributed by atoms with Gasteiger partial charge in [0.25, 0.3) is 0 Å². The van der Waals surface area contributed by atoms with E-state index in [1.807, 2.05) is 90.7 Å². The summed E-state index contributed by atoms with van der Waals surface area (Å²) in [5.74, 6) is 0. The fraction of sp³-hybridized carbons (Fsp3) is 0.136. The summed E-state index contributed by atoms with van der Waals surface area (Å²) in [6.45, 7) is 2.54. The number of anilines is 1. The van der Waals surface area contributed by atoms with Crippen LogP contribution in [0, 0.1) is 6.92 Å².